The zero-order valence-corrected chi connectivity index (χ0v) is 9.74. The number of likely N-dealkylation sites (N-methyl/N-ethyl adjacent to an activating group) is 1. The lowest BCUT2D eigenvalue weighted by Gasteiger charge is -2.35. The third-order valence-corrected chi connectivity index (χ3v) is 4.05. The molecule has 2 aliphatic carbocycles. The molecule has 1 saturated heterocycles. The van der Waals surface area contributed by atoms with E-state index in [2.05, 4.69) is 35.9 Å². The predicted octanol–water partition coefficient (Wildman–Crippen LogP) is 1.71. The van der Waals surface area contributed by atoms with Crippen molar-refractivity contribution in [1.29, 1.82) is 0 Å². The smallest absolute Gasteiger partial charge is 0.0329 e. The molecular formula is C13H20N2. The first kappa shape index (κ1) is 9.46. The van der Waals surface area contributed by atoms with Crippen LogP contribution in [0.3, 0.4) is 0 Å². The first-order valence-electron chi connectivity index (χ1n) is 6.07. The molecule has 1 saturated carbocycles. The summed E-state index contributed by atoms with van der Waals surface area (Å²) in [4.78, 5) is 4.97. The minimum absolute atomic E-state index is 0.879. The Morgan fingerprint density at radius 2 is 1.93 bits per heavy atom. The average molecular weight is 204 g/mol. The number of piperazine rings is 1. The standard InChI is InChI=1S/C13H20N2/c1-10-7-12(8-11-9-13(10)11)15-5-3-14(2)4-6-15/h7-8,11,13H,3-6,9H2,1-2H3. The molecule has 3 aliphatic rings. The van der Waals surface area contributed by atoms with Crippen molar-refractivity contribution >= 4 is 0 Å². The van der Waals surface area contributed by atoms with E-state index in [-0.39, 0.29) is 0 Å². The van der Waals surface area contributed by atoms with E-state index in [9.17, 15) is 0 Å². The van der Waals surface area contributed by atoms with Crippen molar-refractivity contribution in [3.8, 4) is 0 Å². The Labute approximate surface area is 92.2 Å². The first-order chi connectivity index (χ1) is 7.24. The summed E-state index contributed by atoms with van der Waals surface area (Å²) in [6, 6.07) is 0. The van der Waals surface area contributed by atoms with Gasteiger partial charge in [-0.2, -0.15) is 0 Å². The summed E-state index contributed by atoms with van der Waals surface area (Å²) in [6.45, 7) is 7.11. The summed E-state index contributed by atoms with van der Waals surface area (Å²) >= 11 is 0. The molecule has 0 aromatic carbocycles. The predicted molar refractivity (Wildman–Crippen MR) is 62.5 cm³/mol. The van der Waals surface area contributed by atoms with Crippen molar-refractivity contribution in [1.82, 2.24) is 9.80 Å². The Kier molecular flexibility index (Phi) is 2.13. The van der Waals surface area contributed by atoms with Crippen molar-refractivity contribution in [2.75, 3.05) is 33.2 Å². The summed E-state index contributed by atoms with van der Waals surface area (Å²) in [7, 11) is 2.21. The maximum atomic E-state index is 2.55. The lowest BCUT2D eigenvalue weighted by atomic mass is 10.0. The Hall–Kier alpha value is -0.760. The molecule has 3 rings (SSSR count). The van der Waals surface area contributed by atoms with Crippen LogP contribution in [0.25, 0.3) is 0 Å². The Balaban J connectivity index is 1.72. The van der Waals surface area contributed by atoms with Gasteiger partial charge in [-0.1, -0.05) is 11.6 Å². The van der Waals surface area contributed by atoms with Crippen LogP contribution in [-0.4, -0.2) is 43.0 Å². The van der Waals surface area contributed by atoms with Crippen LogP contribution in [0.4, 0.5) is 0 Å². The number of hydrogen-bond acceptors (Lipinski definition) is 2. The van der Waals surface area contributed by atoms with E-state index in [0.717, 1.165) is 11.8 Å². The second kappa shape index (κ2) is 3.38. The van der Waals surface area contributed by atoms with Gasteiger partial charge in [-0.3, -0.25) is 0 Å². The van der Waals surface area contributed by atoms with E-state index < -0.39 is 0 Å². The normalized spacial score (nSPS) is 35.7. The van der Waals surface area contributed by atoms with Crippen LogP contribution in [-0.2, 0) is 0 Å². The van der Waals surface area contributed by atoms with Crippen molar-refractivity contribution in [3.63, 3.8) is 0 Å². The highest BCUT2D eigenvalue weighted by molar-refractivity contribution is 5.35. The van der Waals surface area contributed by atoms with Crippen LogP contribution in [0.15, 0.2) is 23.4 Å². The molecule has 2 atom stereocenters. The van der Waals surface area contributed by atoms with Crippen LogP contribution in [0.5, 0.6) is 0 Å². The monoisotopic (exact) mass is 204 g/mol. The third kappa shape index (κ3) is 1.71. The molecule has 2 fully saturated rings. The van der Waals surface area contributed by atoms with Gasteiger partial charge < -0.3 is 9.80 Å². The van der Waals surface area contributed by atoms with Gasteiger partial charge in [0, 0.05) is 31.9 Å². The van der Waals surface area contributed by atoms with Gasteiger partial charge in [-0.05, 0) is 38.3 Å². The van der Waals surface area contributed by atoms with Gasteiger partial charge in [0.2, 0.25) is 0 Å². The number of rotatable bonds is 1. The largest absolute Gasteiger partial charge is 0.369 e. The molecule has 2 heteroatoms. The number of nitrogens with zero attached hydrogens (tertiary/aromatic N) is 2. The van der Waals surface area contributed by atoms with Crippen LogP contribution >= 0.6 is 0 Å². The molecule has 0 bridgehead atoms. The van der Waals surface area contributed by atoms with Crippen LogP contribution in [0.1, 0.15) is 13.3 Å². The van der Waals surface area contributed by atoms with E-state index in [1.807, 2.05) is 0 Å². The van der Waals surface area contributed by atoms with Crippen LogP contribution in [0.2, 0.25) is 0 Å². The molecule has 0 aromatic rings. The minimum atomic E-state index is 0.879. The Morgan fingerprint density at radius 3 is 2.60 bits per heavy atom. The summed E-state index contributed by atoms with van der Waals surface area (Å²) < 4.78 is 0. The zero-order valence-electron chi connectivity index (χ0n) is 9.74. The minimum Gasteiger partial charge on any atom is -0.369 e. The van der Waals surface area contributed by atoms with E-state index in [4.69, 9.17) is 0 Å². The quantitative estimate of drug-likeness (QED) is 0.641. The highest BCUT2D eigenvalue weighted by Crippen LogP contribution is 2.48. The third-order valence-electron chi connectivity index (χ3n) is 4.05. The molecule has 82 valence electrons. The van der Waals surface area contributed by atoms with Crippen LogP contribution < -0.4 is 0 Å². The molecule has 15 heavy (non-hydrogen) atoms. The van der Waals surface area contributed by atoms with E-state index >= 15 is 0 Å². The molecule has 0 radical (unpaired) electrons. The molecular weight excluding hydrogens is 184 g/mol. The van der Waals surface area contributed by atoms with Gasteiger partial charge in [-0.15, -0.1) is 0 Å². The first-order valence-corrected chi connectivity index (χ1v) is 6.07. The molecule has 0 aromatic heterocycles. The molecule has 0 amide bonds. The highest BCUT2D eigenvalue weighted by Gasteiger charge is 2.39. The molecule has 1 heterocycles. The van der Waals surface area contributed by atoms with Crippen molar-refractivity contribution < 1.29 is 0 Å². The summed E-state index contributed by atoms with van der Waals surface area (Å²) in [6.07, 6.45) is 6.32. The van der Waals surface area contributed by atoms with Gasteiger partial charge in [-0.25, -0.2) is 0 Å². The lowest BCUT2D eigenvalue weighted by Crippen LogP contribution is -2.43. The molecule has 1 aliphatic heterocycles. The van der Waals surface area contributed by atoms with Gasteiger partial charge in [0.05, 0.1) is 0 Å². The Bertz CT molecular complexity index is 321. The van der Waals surface area contributed by atoms with E-state index in [1.165, 1.54) is 38.3 Å². The SMILES string of the molecule is CC1=CC(N2CCN(C)CC2)=CC2CC12. The second-order valence-electron chi connectivity index (χ2n) is 5.28. The van der Waals surface area contributed by atoms with E-state index in [0.29, 0.717) is 0 Å². The molecule has 2 nitrogen and oxygen atoms in total. The fraction of sp³-hybridized carbons (Fsp3) is 0.692. The van der Waals surface area contributed by atoms with Gasteiger partial charge in [0.1, 0.15) is 0 Å². The van der Waals surface area contributed by atoms with Gasteiger partial charge in [0.15, 0.2) is 0 Å². The summed E-state index contributed by atoms with van der Waals surface area (Å²) in [5.74, 6) is 1.78. The fourth-order valence-electron chi connectivity index (χ4n) is 2.79. The maximum absolute atomic E-state index is 2.55. The molecule has 0 spiro atoms. The van der Waals surface area contributed by atoms with Crippen LogP contribution in [0, 0.1) is 11.8 Å². The van der Waals surface area contributed by atoms with Gasteiger partial charge >= 0.3 is 0 Å². The lowest BCUT2D eigenvalue weighted by molar-refractivity contribution is 0.189. The maximum Gasteiger partial charge on any atom is 0.0329 e. The van der Waals surface area contributed by atoms with Crippen molar-refractivity contribution in [2.45, 2.75) is 13.3 Å². The summed E-state index contributed by atoms with van der Waals surface area (Å²) in [5.41, 5.74) is 3.11. The van der Waals surface area contributed by atoms with E-state index in [1.54, 1.807) is 5.57 Å². The second-order valence-corrected chi connectivity index (χ2v) is 5.28. The zero-order chi connectivity index (χ0) is 10.4. The number of fused-ring (bicyclic) bond motifs is 1. The molecule has 0 N–H and O–H groups in total. The fourth-order valence-corrected chi connectivity index (χ4v) is 2.79. The van der Waals surface area contributed by atoms with Crippen molar-refractivity contribution in [2.24, 2.45) is 11.8 Å². The summed E-state index contributed by atoms with van der Waals surface area (Å²) in [5, 5.41) is 0. The van der Waals surface area contributed by atoms with Crippen molar-refractivity contribution in [3.05, 3.63) is 23.4 Å². The number of hydrogen-bond donors (Lipinski definition) is 0. The molecule has 2 unspecified atom stereocenters. The topological polar surface area (TPSA) is 6.48 Å². The Morgan fingerprint density at radius 1 is 1.20 bits per heavy atom. The average Bonchev–Trinajstić information content (AvgIpc) is 2.98. The number of allylic oxidation sites excluding steroid dienone is 3. The highest BCUT2D eigenvalue weighted by atomic mass is 15.2. The van der Waals surface area contributed by atoms with Gasteiger partial charge in [0.25, 0.3) is 0 Å².